The third-order valence-corrected chi connectivity index (χ3v) is 5.16. The summed E-state index contributed by atoms with van der Waals surface area (Å²) in [7, 11) is 4.25. The number of nitrogens with two attached hydrogens (primary N) is 1. The van der Waals surface area contributed by atoms with Gasteiger partial charge in [-0.1, -0.05) is 17.7 Å². The lowest BCUT2D eigenvalue weighted by Crippen LogP contribution is -2.16. The smallest absolute Gasteiger partial charge is 0.332 e. The second kappa shape index (κ2) is 8.87. The van der Waals surface area contributed by atoms with Gasteiger partial charge in [-0.2, -0.15) is 9.97 Å². The van der Waals surface area contributed by atoms with Gasteiger partial charge in [-0.15, -0.1) is 0 Å². The van der Waals surface area contributed by atoms with E-state index in [-0.39, 0.29) is 57.4 Å². The van der Waals surface area contributed by atoms with E-state index in [1.807, 2.05) is 0 Å². The molecule has 0 fully saturated rings. The summed E-state index contributed by atoms with van der Waals surface area (Å²) >= 11 is 6.45. The summed E-state index contributed by atoms with van der Waals surface area (Å²) in [6.45, 7) is -0.168. The maximum absolute atomic E-state index is 14.3. The van der Waals surface area contributed by atoms with Crippen LogP contribution in [0, 0.1) is 5.82 Å². The molecule has 2 heterocycles. The van der Waals surface area contributed by atoms with E-state index < -0.39 is 11.5 Å². The van der Waals surface area contributed by atoms with Gasteiger partial charge in [-0.3, -0.25) is 4.98 Å². The van der Waals surface area contributed by atoms with Gasteiger partial charge in [0.2, 0.25) is 11.8 Å². The number of hydrogen-bond donors (Lipinski definition) is 2. The van der Waals surface area contributed by atoms with Gasteiger partial charge in [-0.05, 0) is 12.1 Å². The van der Waals surface area contributed by atoms with Crippen molar-refractivity contribution in [3.05, 3.63) is 57.2 Å². The summed E-state index contributed by atoms with van der Waals surface area (Å²) in [5, 5.41) is 0.168. The fourth-order valence-corrected chi connectivity index (χ4v) is 3.57. The molecule has 4 aromatic rings. The third-order valence-electron chi connectivity index (χ3n) is 4.86. The molecule has 4 rings (SSSR count). The van der Waals surface area contributed by atoms with Crippen LogP contribution < -0.4 is 30.4 Å². The normalized spacial score (nSPS) is 10.9. The molecule has 0 saturated heterocycles. The number of nitrogens with zero attached hydrogens (tertiary/aromatic N) is 3. The van der Waals surface area contributed by atoms with Crippen LogP contribution in [0.2, 0.25) is 5.02 Å². The van der Waals surface area contributed by atoms with Crippen LogP contribution in [0.25, 0.3) is 16.9 Å². The minimum Gasteiger partial charge on any atom is -0.496 e. The SMILES string of the molecule is COc1cc(Cl)c(-n2c(=O)[nH]c3c(OC)nc(N)nc32)cc1OCc1c(F)cccc1OC. The Morgan fingerprint density at radius 2 is 1.85 bits per heavy atom. The zero-order valence-corrected chi connectivity index (χ0v) is 18.6. The highest BCUT2D eigenvalue weighted by Crippen LogP contribution is 2.37. The Hall–Kier alpha value is -3.99. The van der Waals surface area contributed by atoms with E-state index >= 15 is 0 Å². The van der Waals surface area contributed by atoms with Crippen molar-refractivity contribution in [3.63, 3.8) is 0 Å². The van der Waals surface area contributed by atoms with E-state index in [2.05, 4.69) is 15.0 Å². The minimum atomic E-state index is -0.558. The zero-order chi connectivity index (χ0) is 23.7. The monoisotopic (exact) mass is 475 g/mol. The first-order valence-corrected chi connectivity index (χ1v) is 9.90. The molecular formula is C21H19ClFN5O5. The van der Waals surface area contributed by atoms with Crippen molar-refractivity contribution in [2.45, 2.75) is 6.61 Å². The molecule has 0 saturated carbocycles. The molecule has 12 heteroatoms. The number of fused-ring (bicyclic) bond motifs is 1. The fraction of sp³-hybridized carbons (Fsp3) is 0.190. The van der Waals surface area contributed by atoms with E-state index in [1.165, 1.54) is 50.2 Å². The van der Waals surface area contributed by atoms with Gasteiger partial charge in [-0.25, -0.2) is 13.8 Å². The summed E-state index contributed by atoms with van der Waals surface area (Å²) in [4.78, 5) is 23.5. The van der Waals surface area contributed by atoms with Crippen LogP contribution in [0.4, 0.5) is 10.3 Å². The molecule has 0 bridgehead atoms. The summed E-state index contributed by atoms with van der Waals surface area (Å²) in [6, 6.07) is 7.40. The van der Waals surface area contributed by atoms with E-state index in [0.717, 1.165) is 0 Å². The summed E-state index contributed by atoms with van der Waals surface area (Å²) in [5.41, 5.74) is 6.04. The Morgan fingerprint density at radius 1 is 1.09 bits per heavy atom. The van der Waals surface area contributed by atoms with E-state index in [4.69, 9.17) is 36.3 Å². The van der Waals surface area contributed by atoms with Crippen LogP contribution in [0.5, 0.6) is 23.1 Å². The van der Waals surface area contributed by atoms with Crippen LogP contribution >= 0.6 is 11.6 Å². The number of rotatable bonds is 7. The van der Waals surface area contributed by atoms with E-state index in [0.29, 0.717) is 5.75 Å². The standard InChI is InChI=1S/C21H19ClFN5O5/c1-30-14-6-4-5-12(23)10(14)9-33-16-8-13(11(22)7-15(16)31-2)28-18-17(25-21(28)29)19(32-3)27-20(24)26-18/h4-8H,9H2,1-3H3,(H,25,29)(H2,24,26,27). The second-order valence-electron chi connectivity index (χ2n) is 6.72. The number of anilines is 1. The number of nitrogens with one attached hydrogen (secondary N) is 1. The van der Waals surface area contributed by atoms with Gasteiger partial charge in [0.25, 0.3) is 0 Å². The van der Waals surface area contributed by atoms with Crippen LogP contribution in [-0.2, 0) is 6.61 Å². The topological polar surface area (TPSA) is 127 Å². The van der Waals surface area contributed by atoms with Gasteiger partial charge in [0.15, 0.2) is 17.1 Å². The number of imidazole rings is 1. The summed E-state index contributed by atoms with van der Waals surface area (Å²) in [6.07, 6.45) is 0. The highest BCUT2D eigenvalue weighted by molar-refractivity contribution is 6.32. The molecule has 172 valence electrons. The number of hydrogen-bond acceptors (Lipinski definition) is 8. The Kier molecular flexibility index (Phi) is 5.97. The van der Waals surface area contributed by atoms with E-state index in [9.17, 15) is 9.18 Å². The Morgan fingerprint density at radius 3 is 2.55 bits per heavy atom. The molecule has 0 amide bonds. The highest BCUT2D eigenvalue weighted by Gasteiger charge is 2.21. The molecule has 0 aliphatic rings. The van der Waals surface area contributed by atoms with Gasteiger partial charge < -0.3 is 24.7 Å². The van der Waals surface area contributed by atoms with Crippen molar-refractivity contribution in [2.24, 2.45) is 0 Å². The second-order valence-corrected chi connectivity index (χ2v) is 7.13. The van der Waals surface area contributed by atoms with Crippen LogP contribution in [-0.4, -0.2) is 40.8 Å². The van der Waals surface area contributed by atoms with Crippen molar-refractivity contribution < 1.29 is 23.3 Å². The number of aromatic nitrogens is 4. The largest absolute Gasteiger partial charge is 0.496 e. The fourth-order valence-electron chi connectivity index (χ4n) is 3.33. The number of nitrogen functional groups attached to an aromatic ring is 1. The lowest BCUT2D eigenvalue weighted by molar-refractivity contribution is 0.272. The first-order valence-electron chi connectivity index (χ1n) is 9.52. The van der Waals surface area contributed by atoms with Gasteiger partial charge in [0, 0.05) is 12.1 Å². The van der Waals surface area contributed by atoms with Crippen LogP contribution in [0.3, 0.4) is 0 Å². The molecular weight excluding hydrogens is 457 g/mol. The first kappa shape index (κ1) is 22.2. The van der Waals surface area contributed by atoms with Crippen molar-refractivity contribution in [2.75, 3.05) is 27.1 Å². The predicted octanol–water partition coefficient (Wildman–Crippen LogP) is 3.09. The van der Waals surface area contributed by atoms with Gasteiger partial charge in [0.05, 0.1) is 37.6 Å². The van der Waals surface area contributed by atoms with Crippen molar-refractivity contribution in [3.8, 4) is 28.8 Å². The zero-order valence-electron chi connectivity index (χ0n) is 17.8. The quantitative estimate of drug-likeness (QED) is 0.417. The average Bonchev–Trinajstić information content (AvgIpc) is 3.13. The first-order chi connectivity index (χ1) is 15.9. The van der Waals surface area contributed by atoms with Crippen molar-refractivity contribution >= 4 is 28.7 Å². The molecule has 2 aromatic heterocycles. The van der Waals surface area contributed by atoms with Gasteiger partial charge >= 0.3 is 5.69 Å². The molecule has 10 nitrogen and oxygen atoms in total. The molecule has 0 spiro atoms. The lowest BCUT2D eigenvalue weighted by Gasteiger charge is -2.16. The number of benzene rings is 2. The van der Waals surface area contributed by atoms with Crippen LogP contribution in [0.15, 0.2) is 35.1 Å². The predicted molar refractivity (Wildman–Crippen MR) is 119 cm³/mol. The lowest BCUT2D eigenvalue weighted by atomic mass is 10.2. The summed E-state index contributed by atoms with van der Waals surface area (Å²) in [5.74, 6) is 0.321. The highest BCUT2D eigenvalue weighted by atomic mass is 35.5. The third kappa shape index (κ3) is 3.98. The number of H-pyrrole nitrogens is 1. The molecule has 2 aromatic carbocycles. The van der Waals surface area contributed by atoms with Crippen molar-refractivity contribution in [1.82, 2.24) is 19.5 Å². The number of halogens is 2. The van der Waals surface area contributed by atoms with Gasteiger partial charge in [0.1, 0.15) is 23.7 Å². The molecule has 3 N–H and O–H groups in total. The van der Waals surface area contributed by atoms with E-state index in [1.54, 1.807) is 6.07 Å². The number of ether oxygens (including phenoxy) is 4. The average molecular weight is 476 g/mol. The maximum atomic E-state index is 14.3. The van der Waals surface area contributed by atoms with Crippen LogP contribution in [0.1, 0.15) is 5.56 Å². The molecule has 0 atom stereocenters. The minimum absolute atomic E-state index is 0.0974. The molecule has 0 aliphatic carbocycles. The Balaban J connectivity index is 1.83. The molecule has 0 unspecified atom stereocenters. The number of methoxy groups -OCH3 is 3. The molecule has 0 radical (unpaired) electrons. The summed E-state index contributed by atoms with van der Waals surface area (Å²) < 4.78 is 37.1. The Labute approximate surface area is 191 Å². The Bertz CT molecular complexity index is 1400. The maximum Gasteiger partial charge on any atom is 0.332 e. The van der Waals surface area contributed by atoms with Crippen molar-refractivity contribution in [1.29, 1.82) is 0 Å². The molecule has 33 heavy (non-hydrogen) atoms. The molecule has 0 aliphatic heterocycles. The number of aromatic amines is 1.